The predicted octanol–water partition coefficient (Wildman–Crippen LogP) is 5.62. The Bertz CT molecular complexity index is 1690. The molecule has 250 valence electrons. The fraction of sp³-hybridized carbons (Fsp3) is 0.263. The number of aliphatic hydroxyl groups is 2. The molecule has 10 nitrogen and oxygen atoms in total. The second-order valence-electron chi connectivity index (χ2n) is 11.4. The molecule has 0 amide bonds. The molecule has 1 aliphatic rings. The number of carbonyl (C=O) groups excluding carboxylic acids is 4. The molecule has 3 aromatic rings. The number of carbonyl (C=O) groups is 4. The summed E-state index contributed by atoms with van der Waals surface area (Å²) in [5.41, 5.74) is 4.61. The van der Waals surface area contributed by atoms with Crippen molar-refractivity contribution in [2.75, 3.05) is 20.3 Å². The zero-order valence-electron chi connectivity index (χ0n) is 26.7. The average molecular weight is 655 g/mol. The number of aliphatic hydroxyl groups excluding tert-OH is 2. The lowest BCUT2D eigenvalue weighted by Crippen LogP contribution is -2.25. The minimum atomic E-state index is -0.720. The van der Waals surface area contributed by atoms with Gasteiger partial charge in [-0.25, -0.2) is 14.4 Å². The summed E-state index contributed by atoms with van der Waals surface area (Å²) < 4.78 is 20.9. The van der Waals surface area contributed by atoms with Crippen molar-refractivity contribution in [3.05, 3.63) is 109 Å². The topological polar surface area (TPSA) is 146 Å². The minimum Gasteiger partial charge on any atom is -0.469 e. The summed E-state index contributed by atoms with van der Waals surface area (Å²) in [5.74, 6) is -1.88. The zero-order valence-corrected chi connectivity index (χ0v) is 26.7. The first-order chi connectivity index (χ1) is 23.0. The van der Waals surface area contributed by atoms with Gasteiger partial charge >= 0.3 is 23.9 Å². The van der Waals surface area contributed by atoms with E-state index in [9.17, 15) is 24.3 Å². The van der Waals surface area contributed by atoms with Gasteiger partial charge in [0.15, 0.2) is 0 Å². The Morgan fingerprint density at radius 2 is 1.17 bits per heavy atom. The van der Waals surface area contributed by atoms with Gasteiger partial charge < -0.3 is 29.2 Å². The molecule has 0 atom stereocenters. The van der Waals surface area contributed by atoms with E-state index in [4.69, 9.17) is 19.3 Å². The van der Waals surface area contributed by atoms with Gasteiger partial charge in [-0.05, 0) is 83.7 Å². The normalized spacial score (nSPS) is 15.5. The summed E-state index contributed by atoms with van der Waals surface area (Å²) in [7, 11) is 1.24. The second-order valence-corrected chi connectivity index (χ2v) is 11.4. The first kappa shape index (κ1) is 35.5. The van der Waals surface area contributed by atoms with Crippen molar-refractivity contribution in [3.8, 4) is 33.8 Å². The van der Waals surface area contributed by atoms with E-state index in [1.807, 2.05) is 48.5 Å². The monoisotopic (exact) mass is 654 g/mol. The highest BCUT2D eigenvalue weighted by atomic mass is 16.6. The van der Waals surface area contributed by atoms with Gasteiger partial charge in [0.05, 0.1) is 37.9 Å². The van der Waals surface area contributed by atoms with E-state index in [0.29, 0.717) is 37.2 Å². The van der Waals surface area contributed by atoms with E-state index in [0.717, 1.165) is 27.8 Å². The standard InChI is InChI=1S/C38H38O10/c1-23(19-35(41)45-4)36(42)46-31-15-11-29(12-16-31)34-20-32(48-38(44)25(3)22-40)17-18-33(34)28-7-5-26(6-8-28)27-9-13-30(14-10-27)47-37(43)24(2)21-39/h5-10,13-14,17-18,20,29,31,39-40H,1-3,11-12,15-16,19,21-22H2,4H3. The first-order valence-electron chi connectivity index (χ1n) is 15.3. The fourth-order valence-electron chi connectivity index (χ4n) is 5.30. The van der Waals surface area contributed by atoms with E-state index in [1.54, 1.807) is 18.2 Å². The Morgan fingerprint density at radius 1 is 0.667 bits per heavy atom. The second kappa shape index (κ2) is 16.5. The summed E-state index contributed by atoms with van der Waals surface area (Å²) in [6, 6.07) is 20.3. The maximum absolute atomic E-state index is 12.5. The van der Waals surface area contributed by atoms with E-state index < -0.39 is 37.1 Å². The number of hydrogen-bond acceptors (Lipinski definition) is 10. The lowest BCUT2D eigenvalue weighted by molar-refractivity contribution is -0.148. The van der Waals surface area contributed by atoms with Crippen LogP contribution in [0.1, 0.15) is 43.6 Å². The van der Waals surface area contributed by atoms with E-state index in [1.165, 1.54) is 7.11 Å². The number of benzene rings is 3. The molecule has 0 aliphatic heterocycles. The molecule has 0 spiro atoms. The number of hydrogen-bond donors (Lipinski definition) is 2. The zero-order chi connectivity index (χ0) is 34.8. The third-order valence-corrected chi connectivity index (χ3v) is 8.05. The molecule has 0 radical (unpaired) electrons. The molecule has 0 aromatic heterocycles. The van der Waals surface area contributed by atoms with Gasteiger partial charge in [0, 0.05) is 5.57 Å². The van der Waals surface area contributed by atoms with Gasteiger partial charge in [-0.2, -0.15) is 0 Å². The molecular weight excluding hydrogens is 616 g/mol. The smallest absolute Gasteiger partial charge is 0.341 e. The van der Waals surface area contributed by atoms with Crippen molar-refractivity contribution >= 4 is 23.9 Å². The van der Waals surface area contributed by atoms with Crippen LogP contribution < -0.4 is 9.47 Å². The van der Waals surface area contributed by atoms with Crippen molar-refractivity contribution < 1.29 is 48.3 Å². The Kier molecular flexibility index (Phi) is 12.2. The van der Waals surface area contributed by atoms with Crippen LogP contribution in [0.5, 0.6) is 11.5 Å². The summed E-state index contributed by atoms with van der Waals surface area (Å²) >= 11 is 0. The van der Waals surface area contributed by atoms with Crippen molar-refractivity contribution in [2.24, 2.45) is 0 Å². The van der Waals surface area contributed by atoms with Crippen LogP contribution in [0.3, 0.4) is 0 Å². The Labute approximate surface area is 278 Å². The van der Waals surface area contributed by atoms with Crippen molar-refractivity contribution in [3.63, 3.8) is 0 Å². The Morgan fingerprint density at radius 3 is 1.71 bits per heavy atom. The van der Waals surface area contributed by atoms with Crippen LogP contribution in [-0.2, 0) is 28.7 Å². The molecule has 10 heteroatoms. The van der Waals surface area contributed by atoms with Crippen LogP contribution in [0.25, 0.3) is 22.3 Å². The molecule has 0 heterocycles. The fourth-order valence-corrected chi connectivity index (χ4v) is 5.30. The quantitative estimate of drug-likeness (QED) is 0.135. The van der Waals surface area contributed by atoms with Gasteiger partial charge in [0.25, 0.3) is 0 Å². The van der Waals surface area contributed by atoms with Gasteiger partial charge in [-0.3, -0.25) is 4.79 Å². The van der Waals surface area contributed by atoms with Crippen LogP contribution in [0.15, 0.2) is 103 Å². The average Bonchev–Trinajstić information content (AvgIpc) is 3.11. The van der Waals surface area contributed by atoms with Crippen LogP contribution in [-0.4, -0.2) is 60.5 Å². The van der Waals surface area contributed by atoms with E-state index in [2.05, 4.69) is 24.5 Å². The third-order valence-electron chi connectivity index (χ3n) is 8.05. The SMILES string of the molecule is C=C(CO)C(=O)Oc1ccc(-c2ccc(-c3ccc(OC(=O)C(=C)CO)cc3C3CCC(OC(=O)C(=C)CC(=O)OC)CC3)cc2)cc1. The molecule has 4 rings (SSSR count). The summed E-state index contributed by atoms with van der Waals surface area (Å²) in [5, 5.41) is 18.4. The van der Waals surface area contributed by atoms with Crippen LogP contribution in [0.4, 0.5) is 0 Å². The van der Waals surface area contributed by atoms with Crippen LogP contribution >= 0.6 is 0 Å². The van der Waals surface area contributed by atoms with E-state index >= 15 is 0 Å². The van der Waals surface area contributed by atoms with Gasteiger partial charge in [0.2, 0.25) is 0 Å². The van der Waals surface area contributed by atoms with Gasteiger partial charge in [-0.15, -0.1) is 0 Å². The molecule has 0 unspecified atom stereocenters. The molecule has 1 fully saturated rings. The lowest BCUT2D eigenvalue weighted by Gasteiger charge is -2.30. The highest BCUT2D eigenvalue weighted by Crippen LogP contribution is 2.41. The van der Waals surface area contributed by atoms with Gasteiger partial charge in [-0.1, -0.05) is 62.2 Å². The van der Waals surface area contributed by atoms with Crippen molar-refractivity contribution in [1.82, 2.24) is 0 Å². The number of rotatable bonds is 13. The first-order valence-corrected chi connectivity index (χ1v) is 15.3. The number of ether oxygens (including phenoxy) is 4. The molecule has 0 saturated heterocycles. The molecule has 1 saturated carbocycles. The molecule has 3 aromatic carbocycles. The number of esters is 4. The predicted molar refractivity (Wildman–Crippen MR) is 178 cm³/mol. The van der Waals surface area contributed by atoms with Crippen molar-refractivity contribution in [2.45, 2.75) is 44.1 Å². The van der Waals surface area contributed by atoms with E-state index in [-0.39, 0.29) is 35.2 Å². The third kappa shape index (κ3) is 9.15. The molecule has 48 heavy (non-hydrogen) atoms. The highest BCUT2D eigenvalue weighted by Gasteiger charge is 2.28. The number of methoxy groups -OCH3 is 1. The summed E-state index contributed by atoms with van der Waals surface area (Å²) in [4.78, 5) is 48.2. The minimum absolute atomic E-state index is 0.0360. The van der Waals surface area contributed by atoms with Crippen LogP contribution in [0, 0.1) is 0 Å². The van der Waals surface area contributed by atoms with Crippen LogP contribution in [0.2, 0.25) is 0 Å². The molecule has 1 aliphatic carbocycles. The highest BCUT2D eigenvalue weighted by molar-refractivity contribution is 5.93. The Balaban J connectivity index is 1.53. The largest absolute Gasteiger partial charge is 0.469 e. The van der Waals surface area contributed by atoms with Crippen molar-refractivity contribution in [1.29, 1.82) is 0 Å². The maximum Gasteiger partial charge on any atom is 0.341 e. The molecule has 0 bridgehead atoms. The van der Waals surface area contributed by atoms with Gasteiger partial charge in [0.1, 0.15) is 17.6 Å². The summed E-state index contributed by atoms with van der Waals surface area (Å²) in [6.45, 7) is 9.66. The molecular formula is C38H38O10. The Hall–Kier alpha value is -5.32. The lowest BCUT2D eigenvalue weighted by atomic mass is 9.79. The molecule has 2 N–H and O–H groups in total. The maximum atomic E-state index is 12.5. The summed E-state index contributed by atoms with van der Waals surface area (Å²) in [6.07, 6.45) is 1.99.